The molecule has 0 aromatic heterocycles. The van der Waals surface area contributed by atoms with E-state index in [-0.39, 0.29) is 6.42 Å². The van der Waals surface area contributed by atoms with E-state index in [4.69, 9.17) is 10.8 Å². The smallest absolute Gasteiger partial charge is 0.305 e. The van der Waals surface area contributed by atoms with Crippen LogP contribution in [0.3, 0.4) is 0 Å². The Balaban J connectivity index is 2.84. The van der Waals surface area contributed by atoms with E-state index in [1.54, 1.807) is 37.3 Å². The first-order chi connectivity index (χ1) is 15.0. The van der Waals surface area contributed by atoms with Crippen molar-refractivity contribution >= 4 is 17.8 Å². The summed E-state index contributed by atoms with van der Waals surface area (Å²) in [6.45, 7) is 4.48. The molecule has 1 aromatic rings. The Bertz CT molecular complexity index is 789. The number of aliphatic hydroxyl groups excluding tert-OH is 4. The van der Waals surface area contributed by atoms with Crippen molar-refractivity contribution in [1.29, 1.82) is 0 Å². The number of aliphatic hydroxyl groups is 4. The fraction of sp³-hybridized carbons (Fsp3) is 0.476. The van der Waals surface area contributed by atoms with Gasteiger partial charge < -0.3 is 41.9 Å². The molecule has 0 radical (unpaired) electrons. The molecular formula is C21H31N3O8. The molecule has 2 amide bonds. The van der Waals surface area contributed by atoms with Crippen LogP contribution in [0.2, 0.25) is 0 Å². The number of nitrogens with one attached hydrogen (secondary N) is 2. The first kappa shape index (κ1) is 27.2. The third kappa shape index (κ3) is 8.36. The predicted octanol–water partition coefficient (Wildman–Crippen LogP) is -1.83. The average Bonchev–Trinajstić information content (AvgIpc) is 2.74. The predicted molar refractivity (Wildman–Crippen MR) is 114 cm³/mol. The minimum atomic E-state index is -2.18. The number of carboxylic acids is 1. The van der Waals surface area contributed by atoms with Gasteiger partial charge in [-0.3, -0.25) is 14.4 Å². The Hall–Kier alpha value is -2.83. The molecule has 9 N–H and O–H groups in total. The number of nitrogens with two attached hydrogens (primary N) is 1. The highest BCUT2D eigenvalue weighted by atomic mass is 16.4. The number of carboxylic acid groups (broad SMARTS) is 1. The molecular weight excluding hydrogens is 422 g/mol. The Labute approximate surface area is 185 Å². The number of hydrogen-bond donors (Lipinski definition) is 8. The second-order valence-electron chi connectivity index (χ2n) is 7.56. The van der Waals surface area contributed by atoms with Crippen molar-refractivity contribution in [3.8, 4) is 0 Å². The molecule has 0 fully saturated rings. The van der Waals surface area contributed by atoms with Gasteiger partial charge in [0.1, 0.15) is 12.2 Å². The minimum absolute atomic E-state index is 0.151. The molecule has 0 spiro atoms. The molecule has 0 saturated heterocycles. The largest absolute Gasteiger partial charge is 0.481 e. The van der Waals surface area contributed by atoms with E-state index in [0.29, 0.717) is 11.1 Å². The monoisotopic (exact) mass is 453 g/mol. The van der Waals surface area contributed by atoms with Gasteiger partial charge in [-0.15, -0.1) is 6.58 Å². The molecule has 0 aliphatic rings. The van der Waals surface area contributed by atoms with Crippen LogP contribution < -0.4 is 16.4 Å². The number of benzene rings is 1. The maximum atomic E-state index is 12.4. The molecule has 11 heteroatoms. The second kappa shape index (κ2) is 12.9. The van der Waals surface area contributed by atoms with Gasteiger partial charge in [-0.25, -0.2) is 0 Å². The summed E-state index contributed by atoms with van der Waals surface area (Å²) >= 11 is 0. The van der Waals surface area contributed by atoms with E-state index < -0.39 is 67.2 Å². The molecule has 0 saturated carbocycles. The summed E-state index contributed by atoms with van der Waals surface area (Å²) < 4.78 is 0. The minimum Gasteiger partial charge on any atom is -0.481 e. The van der Waals surface area contributed by atoms with Crippen LogP contribution in [0.15, 0.2) is 42.5 Å². The van der Waals surface area contributed by atoms with E-state index in [1.807, 2.05) is 0 Å². The van der Waals surface area contributed by atoms with Crippen LogP contribution in [-0.4, -0.2) is 80.3 Å². The number of hydrogen-bond acceptors (Lipinski definition) is 8. The van der Waals surface area contributed by atoms with Gasteiger partial charge in [0.15, 0.2) is 6.10 Å². The standard InChI is InChI=1S/C21H31N3O8/c1-11(2)8-13(22)20(31)24-15(10-25)17(28)18(29)19(30)21(32)23-14(9-16(26)27)12-6-4-3-5-7-12/h3-7,13-15,17-19,25,28-30H,1,8-10,22H2,2H3,(H,23,32)(H,24,31)(H,26,27)/t13-,14-,15-,17+,18+,19-/m0/s1. The van der Waals surface area contributed by atoms with Gasteiger partial charge in [-0.05, 0) is 18.9 Å². The summed E-state index contributed by atoms with van der Waals surface area (Å²) in [4.78, 5) is 35.7. The van der Waals surface area contributed by atoms with E-state index in [2.05, 4.69) is 17.2 Å². The highest BCUT2D eigenvalue weighted by Crippen LogP contribution is 2.17. The van der Waals surface area contributed by atoms with Crippen molar-refractivity contribution in [3.05, 3.63) is 48.0 Å². The molecule has 0 unspecified atom stereocenters. The first-order valence-electron chi connectivity index (χ1n) is 9.90. The molecule has 6 atom stereocenters. The Morgan fingerprint density at radius 2 is 1.59 bits per heavy atom. The van der Waals surface area contributed by atoms with Gasteiger partial charge in [0, 0.05) is 0 Å². The fourth-order valence-electron chi connectivity index (χ4n) is 2.95. The zero-order chi connectivity index (χ0) is 24.4. The summed E-state index contributed by atoms with van der Waals surface area (Å²) in [5.74, 6) is -3.08. The van der Waals surface area contributed by atoms with Gasteiger partial charge in [0.25, 0.3) is 5.91 Å². The summed E-state index contributed by atoms with van der Waals surface area (Å²) in [6, 6.07) is 4.69. The summed E-state index contributed by atoms with van der Waals surface area (Å²) in [6.07, 6.45) is -6.56. The van der Waals surface area contributed by atoms with Crippen molar-refractivity contribution in [2.45, 2.75) is 56.2 Å². The van der Waals surface area contributed by atoms with E-state index >= 15 is 0 Å². The van der Waals surface area contributed by atoms with Crippen LogP contribution in [0.4, 0.5) is 0 Å². The molecule has 0 aliphatic heterocycles. The number of rotatable bonds is 13. The highest BCUT2D eigenvalue weighted by Gasteiger charge is 2.37. The first-order valence-corrected chi connectivity index (χ1v) is 9.90. The Kier molecular flexibility index (Phi) is 11.0. The van der Waals surface area contributed by atoms with Gasteiger partial charge in [-0.1, -0.05) is 35.9 Å². The topological polar surface area (TPSA) is 202 Å². The maximum Gasteiger partial charge on any atom is 0.305 e. The Morgan fingerprint density at radius 3 is 2.09 bits per heavy atom. The zero-order valence-electron chi connectivity index (χ0n) is 17.7. The lowest BCUT2D eigenvalue weighted by molar-refractivity contribution is -0.145. The molecule has 32 heavy (non-hydrogen) atoms. The van der Waals surface area contributed by atoms with Gasteiger partial charge in [0.05, 0.1) is 31.2 Å². The van der Waals surface area contributed by atoms with Gasteiger partial charge >= 0.3 is 5.97 Å². The molecule has 0 bridgehead atoms. The third-order valence-corrected chi connectivity index (χ3v) is 4.68. The summed E-state index contributed by atoms with van der Waals surface area (Å²) in [5, 5.41) is 53.9. The molecule has 11 nitrogen and oxygen atoms in total. The summed E-state index contributed by atoms with van der Waals surface area (Å²) in [7, 11) is 0. The average molecular weight is 453 g/mol. The van der Waals surface area contributed by atoms with Crippen molar-refractivity contribution in [2.24, 2.45) is 5.73 Å². The van der Waals surface area contributed by atoms with Crippen molar-refractivity contribution in [2.75, 3.05) is 6.61 Å². The number of carbonyl (C=O) groups excluding carboxylic acids is 2. The normalized spacial score (nSPS) is 16.7. The number of carbonyl (C=O) groups is 3. The zero-order valence-corrected chi connectivity index (χ0v) is 17.7. The molecule has 0 heterocycles. The van der Waals surface area contributed by atoms with E-state index in [9.17, 15) is 34.8 Å². The van der Waals surface area contributed by atoms with Crippen LogP contribution in [0, 0.1) is 0 Å². The maximum absolute atomic E-state index is 12.4. The van der Waals surface area contributed by atoms with Gasteiger partial charge in [0.2, 0.25) is 5.91 Å². The van der Waals surface area contributed by atoms with E-state index in [1.165, 1.54) is 0 Å². The molecule has 178 valence electrons. The fourth-order valence-corrected chi connectivity index (χ4v) is 2.95. The van der Waals surface area contributed by atoms with Crippen molar-refractivity contribution < 1.29 is 39.9 Å². The molecule has 1 rings (SSSR count). The van der Waals surface area contributed by atoms with Crippen LogP contribution in [0.5, 0.6) is 0 Å². The third-order valence-electron chi connectivity index (χ3n) is 4.68. The second-order valence-corrected chi connectivity index (χ2v) is 7.56. The summed E-state index contributed by atoms with van der Waals surface area (Å²) in [5.41, 5.74) is 6.79. The SMILES string of the molecule is C=C(C)C[C@H](N)C(=O)N[C@@H](CO)[C@@H](O)[C@@H](O)[C@H](O)C(=O)N[C@@H](CC(=O)O)c1ccccc1. The number of aliphatic carboxylic acids is 1. The Morgan fingerprint density at radius 1 is 1.00 bits per heavy atom. The molecule has 0 aliphatic carbocycles. The van der Waals surface area contributed by atoms with Crippen LogP contribution in [-0.2, 0) is 14.4 Å². The lowest BCUT2D eigenvalue weighted by atomic mass is 9.98. The van der Waals surface area contributed by atoms with Crippen molar-refractivity contribution in [3.63, 3.8) is 0 Å². The van der Waals surface area contributed by atoms with E-state index in [0.717, 1.165) is 0 Å². The van der Waals surface area contributed by atoms with Crippen LogP contribution >= 0.6 is 0 Å². The lowest BCUT2D eigenvalue weighted by Crippen LogP contribution is -2.58. The van der Waals surface area contributed by atoms with Gasteiger partial charge in [-0.2, -0.15) is 0 Å². The quantitative estimate of drug-likeness (QED) is 0.158. The lowest BCUT2D eigenvalue weighted by Gasteiger charge is -2.30. The number of amides is 2. The molecule has 1 aromatic carbocycles. The van der Waals surface area contributed by atoms with Crippen LogP contribution in [0.1, 0.15) is 31.4 Å². The van der Waals surface area contributed by atoms with Crippen LogP contribution in [0.25, 0.3) is 0 Å². The van der Waals surface area contributed by atoms with Crippen molar-refractivity contribution in [1.82, 2.24) is 10.6 Å². The highest BCUT2D eigenvalue weighted by molar-refractivity contribution is 5.83.